The van der Waals surface area contributed by atoms with Crippen molar-refractivity contribution in [3.8, 4) is 11.5 Å². The molecule has 5 aromatic carbocycles. The van der Waals surface area contributed by atoms with Crippen LogP contribution in [0.4, 0.5) is 13.2 Å². The fraction of sp³-hybridized carbons (Fsp3) is 0.484. The number of hydrogen-bond donors (Lipinski definition) is 14. The molecule has 6 aromatic rings. The number of rotatable bonds is 25. The number of amides is 15. The summed E-state index contributed by atoms with van der Waals surface area (Å²) in [6.45, 7) is 7.18. The minimum atomic E-state index is -1.98. The molecule has 3 aliphatic rings. The summed E-state index contributed by atoms with van der Waals surface area (Å²) in [6, 6.07) is 6.68. The van der Waals surface area contributed by atoms with Crippen LogP contribution in [0.25, 0.3) is 10.9 Å². The number of carbonyl (C=O) groups is 17. The van der Waals surface area contributed by atoms with Gasteiger partial charge in [0.15, 0.2) is 17.5 Å². The van der Waals surface area contributed by atoms with Gasteiger partial charge in [0.2, 0.25) is 88.6 Å². The maximum absolute atomic E-state index is 15.8. The van der Waals surface area contributed by atoms with Crippen molar-refractivity contribution in [3.05, 3.63) is 167 Å². The van der Waals surface area contributed by atoms with Gasteiger partial charge >= 0.3 is 11.9 Å². The molecule has 9 rings (SSSR count). The summed E-state index contributed by atoms with van der Waals surface area (Å²) in [5.74, 6) is -25.6. The zero-order valence-corrected chi connectivity index (χ0v) is 78.1. The van der Waals surface area contributed by atoms with Gasteiger partial charge in [-0.1, -0.05) is 120 Å². The smallest absolute Gasteiger partial charge is 0.305 e. The number of nitrogens with two attached hydrogens (primary N) is 1. The third-order valence-electron chi connectivity index (χ3n) is 24.2. The monoisotopic (exact) mass is 1910 g/mol. The number of halogens is 3. The van der Waals surface area contributed by atoms with E-state index in [2.05, 4.69) is 52.8 Å². The minimum Gasteiger partial charge on any atom is -0.508 e. The van der Waals surface area contributed by atoms with Crippen LogP contribution < -0.4 is 58.3 Å². The lowest BCUT2D eigenvalue weighted by atomic mass is 9.97. The first-order valence-electron chi connectivity index (χ1n) is 45.2. The van der Waals surface area contributed by atoms with E-state index >= 15 is 56.7 Å². The number of unbranched alkanes of at least 4 members (excludes halogenated alkanes) is 1. The number of aromatic amines is 1. The van der Waals surface area contributed by atoms with Crippen LogP contribution in [-0.2, 0) is 114 Å². The summed E-state index contributed by atoms with van der Waals surface area (Å²) >= 11 is 0.661. The Kier molecular flexibility index (Phi) is 39.1. The molecule has 41 heteroatoms. The maximum atomic E-state index is 15.8. The molecule has 3 aliphatic heterocycles. The van der Waals surface area contributed by atoms with Gasteiger partial charge in [-0.2, -0.15) is 0 Å². The number of carboxylic acids is 2. The number of hydrogen-bond acceptors (Lipinski definition) is 20. The second-order valence-corrected chi connectivity index (χ2v) is 36.1. The van der Waals surface area contributed by atoms with Gasteiger partial charge in [0.05, 0.1) is 25.8 Å². The topological polar surface area (TPSA) is 526 Å². The van der Waals surface area contributed by atoms with Crippen molar-refractivity contribution in [2.24, 2.45) is 17.6 Å². The van der Waals surface area contributed by atoms with Gasteiger partial charge in [-0.05, 0) is 133 Å². The second kappa shape index (κ2) is 50.1. The predicted octanol–water partition coefficient (Wildman–Crippen LogP) is 3.12. The summed E-state index contributed by atoms with van der Waals surface area (Å²) in [7, 11) is 5.08. The number of aromatic nitrogens is 1. The van der Waals surface area contributed by atoms with E-state index < -0.39 is 252 Å². The van der Waals surface area contributed by atoms with E-state index in [0.29, 0.717) is 75.6 Å². The quantitative estimate of drug-likeness (QED) is 0.0366. The van der Waals surface area contributed by atoms with E-state index in [-0.39, 0.29) is 95.0 Å². The number of nitrogens with one attached hydrogen (secondary N) is 10. The molecule has 0 bridgehead atoms. The molecule has 0 spiro atoms. The minimum absolute atomic E-state index is 0.0549. The average Bonchev–Trinajstić information content (AvgIpc) is 1.40. The largest absolute Gasteiger partial charge is 0.508 e. The Morgan fingerprint density at radius 1 is 0.529 bits per heavy atom. The highest BCUT2D eigenvalue weighted by Crippen LogP contribution is 2.29. The Hall–Kier alpha value is -13.6. The highest BCUT2D eigenvalue weighted by atomic mass is 32.2. The number of aromatic hydroxyl groups is 1. The third-order valence-corrected chi connectivity index (χ3v) is 25.3. The van der Waals surface area contributed by atoms with E-state index in [0.717, 1.165) is 24.5 Å². The molecule has 0 radical (unpaired) electrons. The van der Waals surface area contributed by atoms with Gasteiger partial charge in [-0.15, -0.1) is 11.8 Å². The first-order valence-corrected chi connectivity index (χ1v) is 46.3. The number of phenolic OH excluding ortho intramolecular Hbond substituents is 1. The zero-order valence-electron chi connectivity index (χ0n) is 77.3. The first-order chi connectivity index (χ1) is 64.6. The molecule has 734 valence electrons. The van der Waals surface area contributed by atoms with E-state index in [4.69, 9.17) is 10.5 Å². The molecule has 0 aliphatic carbocycles. The molecular formula is C95H121F3N16O21S. The second-order valence-electron chi connectivity index (χ2n) is 35.1. The number of H-pyrrole nitrogens is 1. The van der Waals surface area contributed by atoms with Crippen LogP contribution in [0.2, 0.25) is 0 Å². The number of carboxylic acid groups (broad SMARTS) is 2. The Bertz CT molecular complexity index is 5280. The molecule has 3 fully saturated rings. The van der Waals surface area contributed by atoms with Gasteiger partial charge in [-0.3, -0.25) is 81.5 Å². The number of ether oxygens (including phenoxy) is 1. The van der Waals surface area contributed by atoms with E-state index in [1.807, 2.05) is 0 Å². The van der Waals surface area contributed by atoms with Crippen LogP contribution in [0.3, 0.4) is 0 Å². The molecule has 3 saturated heterocycles. The summed E-state index contributed by atoms with van der Waals surface area (Å²) < 4.78 is 50.6. The summed E-state index contributed by atoms with van der Waals surface area (Å²) in [5.41, 5.74) is 7.36. The lowest BCUT2D eigenvalue weighted by molar-refractivity contribution is -0.152. The number of benzene rings is 5. The van der Waals surface area contributed by atoms with Crippen LogP contribution in [0.1, 0.15) is 139 Å². The number of para-hydroxylation sites is 1. The molecule has 37 nitrogen and oxygen atoms in total. The summed E-state index contributed by atoms with van der Waals surface area (Å²) in [5, 5.41) is 55.1. The molecule has 15 amide bonds. The van der Waals surface area contributed by atoms with Crippen LogP contribution in [0, 0.1) is 29.3 Å². The Morgan fingerprint density at radius 2 is 1.07 bits per heavy atom. The number of methoxy groups -OCH3 is 1. The van der Waals surface area contributed by atoms with Gasteiger partial charge in [0.1, 0.15) is 90.0 Å². The van der Waals surface area contributed by atoms with Gasteiger partial charge < -0.3 is 103 Å². The lowest BCUT2D eigenvalue weighted by Crippen LogP contribution is -2.63. The van der Waals surface area contributed by atoms with Crippen molar-refractivity contribution < 1.29 is 115 Å². The first kappa shape index (κ1) is 106. The Labute approximate surface area is 788 Å². The SMILES string of the molecule is CCCC[C@H]1C(=O)N2CCC[C@@H]2C(=O)N[C@@H](CC(=O)O)C(=O)N[C@H](C(C)C)C(=O)N(C)[C@@H](Cc2ccccc2)C(=O)N[C@@H](CCC(=O)O)C(=O)N2CCCC[C@@H]2C(=O)N[C@H](Cc2c[nH]c3ccccc23)C(=O)N[C@@H](Cc2ccc(O)cc2)C(=O)N[C@@H](CC(C)C)C(=O)N[C@@H](C(=O)NCC(N)=O)CSCC(=O)N[C@@H](Cc2cc(F)c(F)c(F)c2)C(=O)N(C)[C@@H](Cc2ccc(OC)cc2)C(=O)N1C. The Morgan fingerprint density at radius 3 is 1.69 bits per heavy atom. The molecule has 13 atom stereocenters. The molecule has 136 heavy (non-hydrogen) atoms. The highest BCUT2D eigenvalue weighted by Gasteiger charge is 2.46. The van der Waals surface area contributed by atoms with Gasteiger partial charge in [-0.25, -0.2) is 13.2 Å². The number of piperidine rings is 1. The summed E-state index contributed by atoms with van der Waals surface area (Å²) in [6.07, 6.45) is -1.80. The third kappa shape index (κ3) is 29.4. The molecular weight excluding hydrogens is 1790 g/mol. The number of likely N-dealkylation sites (N-methyl/N-ethyl adjacent to an activating group) is 3. The van der Waals surface area contributed by atoms with Crippen LogP contribution >= 0.6 is 11.8 Å². The van der Waals surface area contributed by atoms with Crippen molar-refractivity contribution in [1.82, 2.24) is 77.3 Å². The van der Waals surface area contributed by atoms with Crippen LogP contribution in [0.15, 0.2) is 121 Å². The fourth-order valence-electron chi connectivity index (χ4n) is 16.8. The number of nitrogens with zero attached hydrogens (tertiary/aromatic N) is 5. The highest BCUT2D eigenvalue weighted by molar-refractivity contribution is 8.00. The van der Waals surface area contributed by atoms with Gasteiger partial charge in [0, 0.05) is 95.6 Å². The van der Waals surface area contributed by atoms with Crippen molar-refractivity contribution in [2.45, 2.75) is 222 Å². The predicted molar refractivity (Wildman–Crippen MR) is 492 cm³/mol. The van der Waals surface area contributed by atoms with E-state index in [1.165, 1.54) is 66.4 Å². The average molecular weight is 1910 g/mol. The van der Waals surface area contributed by atoms with Gasteiger partial charge in [0.25, 0.3) is 0 Å². The van der Waals surface area contributed by atoms with Crippen molar-refractivity contribution in [1.29, 1.82) is 0 Å². The zero-order chi connectivity index (χ0) is 99.5. The normalized spacial score (nSPS) is 23.4. The number of carbonyl (C=O) groups excluding carboxylic acids is 15. The number of aliphatic carboxylic acids is 2. The number of fused-ring (bicyclic) bond motifs is 3. The summed E-state index contributed by atoms with van der Waals surface area (Å²) in [4.78, 5) is 259. The molecule has 0 unspecified atom stereocenters. The molecule has 15 N–H and O–H groups in total. The standard InChI is InChI=1S/C95H121F3N16O21S/c1-10-11-24-74-94(133)114-38-19-26-73(114)89(128)107-69(47-80(120)121)87(126)109-82(53(4)5)95(134)111(7)75(44-54-20-13-12-14-21-54)90(129)103-65(35-36-79(118)119)92(131)113-37-18-17-25-72(113)88(127)106-68(46-58-48-100-64-23-16-15-22-61(58)64)86(125)105-67(42-55-27-31-59(115)32-28-55)85(124)104-66(39-52(2)3)84(123)108-71(83(122)101-49-77(99)116)50-136-51-78(117)102-70(43-57-40-62(96)81(98)63(97)41-57)91(130)112(8)76(93(132)110(74)6)45-56-29-33-60(135-9)34-30-56/h12-16,20-23,27-34,40-41,48,52-53,65-76,82,100,115H,10-11,17-19,24-26,35-39,42-47,49-51H2,1-9H3,(H2,99,116)(H,101,122)(H,102,117)(H,103,129)(H,104,124)(H,105,125)(H,106,127)(H,107,128)(H,108,123)(H,109,126)(H,118,119)(H,120,121)/t65-,66-,67-,68+,69-,70-,71+,72+,73+,74-,75-,76-,82+/m0/s1. The van der Waals surface area contributed by atoms with E-state index in [1.54, 1.807) is 106 Å². The Balaban J connectivity index is 1.15. The fourth-order valence-corrected chi connectivity index (χ4v) is 17.6. The maximum Gasteiger partial charge on any atom is 0.305 e. The van der Waals surface area contributed by atoms with Crippen molar-refractivity contribution >= 4 is 123 Å². The van der Waals surface area contributed by atoms with E-state index in [9.17, 15) is 53.3 Å². The number of primary amides is 1. The lowest BCUT2D eigenvalue weighted by Gasteiger charge is -2.38. The molecule has 1 aromatic heterocycles. The molecule has 4 heterocycles. The van der Waals surface area contributed by atoms with Crippen LogP contribution in [-0.4, -0.2) is 283 Å². The number of thioether (sulfide) groups is 1. The van der Waals surface area contributed by atoms with Crippen molar-refractivity contribution in [2.75, 3.05) is 59.4 Å². The van der Waals surface area contributed by atoms with Crippen molar-refractivity contribution in [3.63, 3.8) is 0 Å². The number of phenols is 1. The molecule has 0 saturated carbocycles. The van der Waals surface area contributed by atoms with Crippen LogP contribution in [0.5, 0.6) is 11.5 Å².